The fraction of sp³-hybridized carbons (Fsp3) is 0.217. The third-order valence-electron chi connectivity index (χ3n) is 5.17. The van der Waals surface area contributed by atoms with Crippen LogP contribution in [0.25, 0.3) is 16.0 Å². The first-order valence-electron chi connectivity index (χ1n) is 9.99. The molecule has 2 aromatic heterocycles. The highest BCUT2D eigenvalue weighted by Crippen LogP contribution is 2.37. The molecule has 0 bridgehead atoms. The zero-order valence-corrected chi connectivity index (χ0v) is 18.8. The molecule has 0 aliphatic rings. The lowest BCUT2D eigenvalue weighted by molar-refractivity contribution is 0.0938. The molecule has 172 valence electrons. The van der Waals surface area contributed by atoms with E-state index in [0.29, 0.717) is 38.9 Å². The Kier molecular flexibility index (Phi) is 6.50. The number of nitrogens with zero attached hydrogens (tertiary/aromatic N) is 2. The molecular weight excluding hydrogens is 446 g/mol. The number of rotatable bonds is 9. The molecule has 33 heavy (non-hydrogen) atoms. The smallest absolute Gasteiger partial charge is 0.262 e. The van der Waals surface area contributed by atoms with Crippen LogP contribution in [-0.2, 0) is 6.61 Å². The van der Waals surface area contributed by atoms with Crippen molar-refractivity contribution in [2.24, 2.45) is 5.73 Å². The Morgan fingerprint density at radius 1 is 1.15 bits per heavy atom. The van der Waals surface area contributed by atoms with Gasteiger partial charge in [-0.2, -0.15) is 0 Å². The molecule has 0 aliphatic heterocycles. The second-order valence-corrected chi connectivity index (χ2v) is 8.17. The number of aromatic nitrogens is 2. The van der Waals surface area contributed by atoms with E-state index >= 15 is 0 Å². The number of aliphatic hydroxyl groups excluding tert-OH is 2. The second kappa shape index (κ2) is 9.49. The second-order valence-electron chi connectivity index (χ2n) is 7.14. The van der Waals surface area contributed by atoms with Gasteiger partial charge in [0.25, 0.3) is 5.91 Å². The van der Waals surface area contributed by atoms with E-state index in [2.05, 4.69) is 4.98 Å². The van der Waals surface area contributed by atoms with Crippen LogP contribution in [0.2, 0.25) is 0 Å². The molecule has 0 saturated carbocycles. The molecule has 2 heterocycles. The van der Waals surface area contributed by atoms with Crippen LogP contribution in [0.1, 0.15) is 26.9 Å². The lowest BCUT2D eigenvalue weighted by Crippen LogP contribution is -2.11. The number of fused-ring (bicyclic) bond motifs is 1. The molecule has 4 rings (SSSR count). The van der Waals surface area contributed by atoms with E-state index in [0.717, 1.165) is 5.52 Å². The molecule has 0 aliphatic carbocycles. The molecular formula is C23H23N3O6S. The highest BCUT2D eigenvalue weighted by Gasteiger charge is 2.20. The Balaban J connectivity index is 1.69. The monoisotopic (exact) mass is 469 g/mol. The highest BCUT2D eigenvalue weighted by molar-refractivity contribution is 7.16. The Morgan fingerprint density at radius 3 is 2.58 bits per heavy atom. The highest BCUT2D eigenvalue weighted by atomic mass is 32.1. The standard InChI is InChI=1S/C23H23N3O6S/c1-30-18-7-15-16(8-19(18)31-2)26(12-25-15)21-9-20(22(33-21)23(24)29)32-11-13-5-3-4-6-14(13)17(28)10-27/h3-9,12,17,27-28H,10-11H2,1-2H3,(H2,24,29). The Hall–Kier alpha value is -3.60. The predicted molar refractivity (Wildman–Crippen MR) is 123 cm³/mol. The van der Waals surface area contributed by atoms with Crippen LogP contribution in [0.5, 0.6) is 17.2 Å². The maximum absolute atomic E-state index is 12.1. The Labute approximate surface area is 193 Å². The fourth-order valence-electron chi connectivity index (χ4n) is 3.52. The minimum Gasteiger partial charge on any atom is -0.493 e. The van der Waals surface area contributed by atoms with E-state index in [1.807, 2.05) is 4.57 Å². The first-order chi connectivity index (χ1) is 16.0. The third kappa shape index (κ3) is 4.36. The summed E-state index contributed by atoms with van der Waals surface area (Å²) in [5.41, 5.74) is 8.29. The molecule has 1 atom stereocenters. The molecule has 1 amide bonds. The molecule has 10 heteroatoms. The summed E-state index contributed by atoms with van der Waals surface area (Å²) >= 11 is 1.18. The maximum Gasteiger partial charge on any atom is 0.262 e. The summed E-state index contributed by atoms with van der Waals surface area (Å²) in [6.07, 6.45) is 0.611. The van der Waals surface area contributed by atoms with Crippen LogP contribution in [0.4, 0.5) is 0 Å². The van der Waals surface area contributed by atoms with Crippen molar-refractivity contribution in [3.8, 4) is 22.2 Å². The van der Waals surface area contributed by atoms with Crippen molar-refractivity contribution >= 4 is 28.3 Å². The fourth-order valence-corrected chi connectivity index (χ4v) is 4.45. The number of carbonyl (C=O) groups excluding carboxylic acids is 1. The number of methoxy groups -OCH3 is 2. The third-order valence-corrected chi connectivity index (χ3v) is 6.30. The van der Waals surface area contributed by atoms with Gasteiger partial charge >= 0.3 is 0 Å². The van der Waals surface area contributed by atoms with Gasteiger partial charge in [-0.1, -0.05) is 24.3 Å². The lowest BCUT2D eigenvalue weighted by Gasteiger charge is -2.14. The molecule has 0 radical (unpaired) electrons. The van der Waals surface area contributed by atoms with Crippen LogP contribution >= 0.6 is 11.3 Å². The van der Waals surface area contributed by atoms with E-state index < -0.39 is 18.6 Å². The number of amides is 1. The molecule has 4 aromatic rings. The maximum atomic E-state index is 12.1. The number of benzene rings is 2. The number of nitrogens with two attached hydrogens (primary N) is 1. The molecule has 0 saturated heterocycles. The number of hydrogen-bond acceptors (Lipinski definition) is 8. The van der Waals surface area contributed by atoms with E-state index in [1.165, 1.54) is 11.3 Å². The average molecular weight is 470 g/mol. The van der Waals surface area contributed by atoms with Crippen LogP contribution in [-0.4, -0.2) is 46.5 Å². The molecule has 0 spiro atoms. The first-order valence-corrected chi connectivity index (χ1v) is 10.8. The molecule has 1 unspecified atom stereocenters. The zero-order chi connectivity index (χ0) is 23.5. The van der Waals surface area contributed by atoms with E-state index in [-0.39, 0.29) is 11.5 Å². The largest absolute Gasteiger partial charge is 0.493 e. The summed E-state index contributed by atoms with van der Waals surface area (Å²) < 4.78 is 18.5. The van der Waals surface area contributed by atoms with Crippen molar-refractivity contribution in [3.63, 3.8) is 0 Å². The number of hydrogen-bond donors (Lipinski definition) is 3. The van der Waals surface area contributed by atoms with Crippen molar-refractivity contribution < 1.29 is 29.2 Å². The minimum absolute atomic E-state index is 0.0827. The van der Waals surface area contributed by atoms with Gasteiger partial charge in [0.15, 0.2) is 11.5 Å². The van der Waals surface area contributed by atoms with Crippen molar-refractivity contribution in [2.75, 3.05) is 20.8 Å². The molecule has 9 nitrogen and oxygen atoms in total. The van der Waals surface area contributed by atoms with Crippen molar-refractivity contribution in [2.45, 2.75) is 12.7 Å². The van der Waals surface area contributed by atoms with E-state index in [1.54, 1.807) is 63.0 Å². The van der Waals surface area contributed by atoms with Gasteiger partial charge in [0, 0.05) is 18.2 Å². The lowest BCUT2D eigenvalue weighted by atomic mass is 10.0. The zero-order valence-electron chi connectivity index (χ0n) is 18.0. The number of primary amides is 1. The van der Waals surface area contributed by atoms with Crippen molar-refractivity contribution in [1.29, 1.82) is 0 Å². The number of aliphatic hydroxyl groups is 2. The predicted octanol–water partition coefficient (Wildman–Crippen LogP) is 2.81. The summed E-state index contributed by atoms with van der Waals surface area (Å²) in [7, 11) is 3.11. The van der Waals surface area contributed by atoms with Crippen LogP contribution in [0.3, 0.4) is 0 Å². The Bertz CT molecular complexity index is 1300. The average Bonchev–Trinajstić information content (AvgIpc) is 3.45. The first kappa shape index (κ1) is 22.6. The van der Waals surface area contributed by atoms with Gasteiger partial charge in [0.05, 0.1) is 31.9 Å². The van der Waals surface area contributed by atoms with Gasteiger partial charge in [0.1, 0.15) is 34.7 Å². The van der Waals surface area contributed by atoms with E-state index in [4.69, 9.17) is 19.9 Å². The topological polar surface area (TPSA) is 129 Å². The number of ether oxygens (including phenoxy) is 3. The Morgan fingerprint density at radius 2 is 1.88 bits per heavy atom. The number of imidazole rings is 1. The summed E-state index contributed by atoms with van der Waals surface area (Å²) in [6, 6.07) is 12.4. The van der Waals surface area contributed by atoms with Gasteiger partial charge in [-0.3, -0.25) is 9.36 Å². The van der Waals surface area contributed by atoms with Gasteiger partial charge in [-0.15, -0.1) is 11.3 Å². The van der Waals surface area contributed by atoms with Crippen LogP contribution in [0, 0.1) is 0 Å². The SMILES string of the molecule is COc1cc2ncn(-c3cc(OCc4ccccc4C(O)CO)c(C(N)=O)s3)c2cc1OC. The van der Waals surface area contributed by atoms with Crippen LogP contribution < -0.4 is 19.9 Å². The normalized spacial score (nSPS) is 12.0. The molecule has 0 fully saturated rings. The van der Waals surface area contributed by atoms with Crippen molar-refractivity contribution in [3.05, 3.63) is 64.8 Å². The van der Waals surface area contributed by atoms with E-state index in [9.17, 15) is 15.0 Å². The quantitative estimate of drug-likeness (QED) is 0.344. The summed E-state index contributed by atoms with van der Waals surface area (Å²) in [4.78, 5) is 16.8. The van der Waals surface area contributed by atoms with Gasteiger partial charge in [-0.05, 0) is 11.1 Å². The molecule has 2 aromatic carbocycles. The number of thiophene rings is 1. The van der Waals surface area contributed by atoms with Gasteiger partial charge in [-0.25, -0.2) is 4.98 Å². The minimum atomic E-state index is -1.03. The van der Waals surface area contributed by atoms with Crippen molar-refractivity contribution in [1.82, 2.24) is 9.55 Å². The summed E-state index contributed by atoms with van der Waals surface area (Å²) in [6.45, 7) is -0.326. The number of carbonyl (C=O) groups is 1. The van der Waals surface area contributed by atoms with Gasteiger partial charge in [0.2, 0.25) is 0 Å². The summed E-state index contributed by atoms with van der Waals surface area (Å²) in [5, 5.41) is 20.0. The van der Waals surface area contributed by atoms with Gasteiger partial charge < -0.3 is 30.2 Å². The molecule has 4 N–H and O–H groups in total. The van der Waals surface area contributed by atoms with Crippen LogP contribution in [0.15, 0.2) is 48.8 Å². The summed E-state index contributed by atoms with van der Waals surface area (Å²) in [5.74, 6) is 0.813.